The molecule has 14 heteroatoms. The Hall–Kier alpha value is -3.68. The summed E-state index contributed by atoms with van der Waals surface area (Å²) in [6, 6.07) is 5.14. The van der Waals surface area contributed by atoms with Crippen molar-refractivity contribution in [2.45, 2.75) is 19.2 Å². The average Bonchev–Trinajstić information content (AvgIpc) is 3.09. The van der Waals surface area contributed by atoms with Gasteiger partial charge in [-0.2, -0.15) is 0 Å². The number of aliphatic carboxylic acids is 2. The van der Waals surface area contributed by atoms with Crippen LogP contribution in [0.5, 0.6) is 5.75 Å². The van der Waals surface area contributed by atoms with E-state index >= 15 is 0 Å². The van der Waals surface area contributed by atoms with Crippen LogP contribution in [0.15, 0.2) is 41.0 Å². The molecule has 1 aromatic carbocycles. The van der Waals surface area contributed by atoms with E-state index in [1.807, 2.05) is 0 Å². The number of alkyl halides is 3. The fourth-order valence-corrected chi connectivity index (χ4v) is 3.85. The van der Waals surface area contributed by atoms with Gasteiger partial charge < -0.3 is 24.1 Å². The first-order valence-corrected chi connectivity index (χ1v) is 10.5. The summed E-state index contributed by atoms with van der Waals surface area (Å²) in [5.41, 5.74) is -1.83. The topological polar surface area (TPSA) is 127 Å². The van der Waals surface area contributed by atoms with Gasteiger partial charge in [-0.15, -0.1) is 13.2 Å². The number of hydrogen-bond acceptors (Lipinski definition) is 6. The molecular formula is C21H15BrF4N2O7. The number of para-hydroxylation sites is 1. The zero-order valence-electron chi connectivity index (χ0n) is 17.5. The van der Waals surface area contributed by atoms with E-state index in [9.17, 15) is 42.2 Å². The molecule has 0 fully saturated rings. The van der Waals surface area contributed by atoms with Crippen LogP contribution in [0.2, 0.25) is 0 Å². The predicted molar refractivity (Wildman–Crippen MR) is 113 cm³/mol. The number of carboxylic acids is 2. The van der Waals surface area contributed by atoms with Gasteiger partial charge in [-0.1, -0.05) is 18.2 Å². The lowest BCUT2D eigenvalue weighted by molar-refractivity contribution is -0.275. The lowest BCUT2D eigenvalue weighted by Crippen LogP contribution is -2.33. The number of rotatable bonds is 8. The highest BCUT2D eigenvalue weighted by molar-refractivity contribution is 9.10. The minimum Gasteiger partial charge on any atom is -0.481 e. The van der Waals surface area contributed by atoms with Crippen molar-refractivity contribution >= 4 is 39.5 Å². The lowest BCUT2D eigenvalue weighted by atomic mass is 9.82. The second-order valence-electron chi connectivity index (χ2n) is 6.98. The predicted octanol–water partition coefficient (Wildman–Crippen LogP) is 4.23. The molecule has 0 saturated carbocycles. The Balaban J connectivity index is 2.46. The molecule has 0 aliphatic heterocycles. The summed E-state index contributed by atoms with van der Waals surface area (Å²) in [6.07, 6.45) is -4.17. The molecule has 0 bridgehead atoms. The molecule has 0 radical (unpaired) electrons. The summed E-state index contributed by atoms with van der Waals surface area (Å²) in [7, 11) is 0. The van der Waals surface area contributed by atoms with E-state index in [0.29, 0.717) is 0 Å². The number of nitrogens with zero attached hydrogens (tertiary/aromatic N) is 2. The van der Waals surface area contributed by atoms with E-state index < -0.39 is 64.6 Å². The first kappa shape index (κ1) is 25.9. The van der Waals surface area contributed by atoms with Gasteiger partial charge in [0.25, 0.3) is 0 Å². The fraction of sp³-hybridized carbons (Fsp3) is 0.238. The molecule has 0 amide bonds. The van der Waals surface area contributed by atoms with Gasteiger partial charge in [-0.25, -0.2) is 14.2 Å². The molecule has 3 rings (SSSR count). The van der Waals surface area contributed by atoms with Gasteiger partial charge in [0.1, 0.15) is 17.2 Å². The number of benzene rings is 1. The minimum atomic E-state index is -5.21. The number of esters is 1. The second-order valence-corrected chi connectivity index (χ2v) is 7.84. The van der Waals surface area contributed by atoms with Crippen molar-refractivity contribution in [2.24, 2.45) is 5.92 Å². The third kappa shape index (κ3) is 5.37. The number of pyridine rings is 1. The maximum absolute atomic E-state index is 14.2. The number of ether oxygens (including phenoxy) is 2. The monoisotopic (exact) mass is 562 g/mol. The third-order valence-corrected chi connectivity index (χ3v) is 5.39. The quantitative estimate of drug-likeness (QED) is 0.237. The molecular weight excluding hydrogens is 548 g/mol. The highest BCUT2D eigenvalue weighted by Crippen LogP contribution is 2.41. The molecule has 2 aromatic heterocycles. The average molecular weight is 563 g/mol. The molecule has 0 aliphatic rings. The third-order valence-electron chi connectivity index (χ3n) is 4.81. The normalized spacial score (nSPS) is 12.5. The zero-order valence-corrected chi connectivity index (χ0v) is 19.1. The van der Waals surface area contributed by atoms with Gasteiger partial charge in [-0.3, -0.25) is 9.59 Å². The van der Waals surface area contributed by atoms with Crippen molar-refractivity contribution in [3.05, 3.63) is 63.8 Å². The van der Waals surface area contributed by atoms with Crippen LogP contribution in [-0.4, -0.2) is 50.5 Å². The molecule has 35 heavy (non-hydrogen) atoms. The molecule has 2 heterocycles. The van der Waals surface area contributed by atoms with Crippen LogP contribution in [0.25, 0.3) is 5.65 Å². The van der Waals surface area contributed by atoms with Gasteiger partial charge in [0.2, 0.25) is 0 Å². The van der Waals surface area contributed by atoms with E-state index in [1.54, 1.807) is 0 Å². The molecule has 2 N–H and O–H groups in total. The molecule has 3 aromatic rings. The Morgan fingerprint density at radius 2 is 1.80 bits per heavy atom. The maximum atomic E-state index is 14.2. The smallest absolute Gasteiger partial charge is 0.481 e. The Labute approximate surface area is 202 Å². The number of carbonyl (C=O) groups is 3. The largest absolute Gasteiger partial charge is 0.573 e. The van der Waals surface area contributed by atoms with Crippen molar-refractivity contribution in [1.29, 1.82) is 0 Å². The highest BCUT2D eigenvalue weighted by Gasteiger charge is 2.44. The summed E-state index contributed by atoms with van der Waals surface area (Å²) in [6.45, 7) is 1.29. The number of fused-ring (bicyclic) bond motifs is 1. The number of hydrogen-bond donors (Lipinski definition) is 2. The van der Waals surface area contributed by atoms with Gasteiger partial charge >= 0.3 is 24.3 Å². The fourth-order valence-electron chi connectivity index (χ4n) is 3.54. The van der Waals surface area contributed by atoms with Crippen LogP contribution in [0, 0.1) is 11.7 Å². The molecule has 0 saturated heterocycles. The second kappa shape index (κ2) is 9.90. The van der Waals surface area contributed by atoms with E-state index in [2.05, 4.69) is 25.7 Å². The lowest BCUT2D eigenvalue weighted by Gasteiger charge is -2.25. The van der Waals surface area contributed by atoms with Crippen molar-refractivity contribution in [2.75, 3.05) is 6.61 Å². The Kier molecular flexibility index (Phi) is 7.33. The van der Waals surface area contributed by atoms with E-state index in [0.717, 1.165) is 34.9 Å². The van der Waals surface area contributed by atoms with Gasteiger partial charge in [0.05, 0.1) is 22.7 Å². The summed E-state index contributed by atoms with van der Waals surface area (Å²) in [5, 5.41) is 19.5. The number of aromatic nitrogens is 2. The first-order chi connectivity index (χ1) is 16.4. The standard InChI is InChI=1S/C21H15BrF4N2O7/c1-2-34-20(33)16-17(28-8-10(22)11(23)7-13(28)27-16)14(15(18(29)30)19(31)32)9-5-3-4-6-12(9)35-21(24,25)26/h3-8,14-15H,2H2,1H3,(H,29,30)(H,31,32). The van der Waals surface area contributed by atoms with Gasteiger partial charge in [0, 0.05) is 17.8 Å². The van der Waals surface area contributed by atoms with Crippen LogP contribution in [-0.2, 0) is 14.3 Å². The van der Waals surface area contributed by atoms with Crippen molar-refractivity contribution in [3.63, 3.8) is 0 Å². The molecule has 9 nitrogen and oxygen atoms in total. The Bertz CT molecular complexity index is 1290. The van der Waals surface area contributed by atoms with E-state index in [1.165, 1.54) is 13.0 Å². The SMILES string of the molecule is CCOC(=O)c1nc2cc(F)c(Br)cn2c1C(c1ccccc1OC(F)(F)F)C(C(=O)O)C(=O)O. The minimum absolute atomic E-state index is 0.163. The van der Waals surface area contributed by atoms with Crippen LogP contribution in [0.3, 0.4) is 0 Å². The Morgan fingerprint density at radius 3 is 2.37 bits per heavy atom. The molecule has 0 spiro atoms. The van der Waals surface area contributed by atoms with Crippen molar-refractivity contribution in [3.8, 4) is 5.75 Å². The number of carbonyl (C=O) groups excluding carboxylic acids is 1. The zero-order chi connectivity index (χ0) is 26.1. The first-order valence-electron chi connectivity index (χ1n) is 9.70. The summed E-state index contributed by atoms with van der Waals surface area (Å²) >= 11 is 2.94. The van der Waals surface area contributed by atoms with Crippen LogP contribution in [0.4, 0.5) is 17.6 Å². The number of imidazole rings is 1. The van der Waals surface area contributed by atoms with E-state index in [-0.39, 0.29) is 16.7 Å². The highest BCUT2D eigenvalue weighted by atomic mass is 79.9. The molecule has 0 aliphatic carbocycles. The number of carboxylic acid groups (broad SMARTS) is 2. The van der Waals surface area contributed by atoms with Crippen molar-refractivity contribution in [1.82, 2.24) is 9.38 Å². The van der Waals surface area contributed by atoms with E-state index in [4.69, 9.17) is 4.74 Å². The molecule has 1 unspecified atom stereocenters. The molecule has 186 valence electrons. The molecule has 1 atom stereocenters. The summed E-state index contributed by atoms with van der Waals surface area (Å²) in [4.78, 5) is 40.8. The summed E-state index contributed by atoms with van der Waals surface area (Å²) in [5.74, 6) is -11.1. The van der Waals surface area contributed by atoms with Gasteiger partial charge in [0.15, 0.2) is 11.6 Å². The van der Waals surface area contributed by atoms with Crippen LogP contribution < -0.4 is 4.74 Å². The summed E-state index contributed by atoms with van der Waals surface area (Å²) < 4.78 is 63.3. The van der Waals surface area contributed by atoms with Gasteiger partial charge in [-0.05, 0) is 28.9 Å². The van der Waals surface area contributed by atoms with Crippen molar-refractivity contribution < 1.29 is 51.6 Å². The number of halogens is 5. The van der Waals surface area contributed by atoms with Crippen LogP contribution in [0.1, 0.15) is 34.6 Å². The Morgan fingerprint density at radius 1 is 1.17 bits per heavy atom. The van der Waals surface area contributed by atoms with Crippen LogP contribution >= 0.6 is 15.9 Å². The maximum Gasteiger partial charge on any atom is 0.573 e.